The molecule has 1 atom stereocenters. The van der Waals surface area contributed by atoms with Gasteiger partial charge in [-0.1, -0.05) is 60.5 Å². The van der Waals surface area contributed by atoms with Crippen LogP contribution in [0.15, 0.2) is 54.6 Å². The summed E-state index contributed by atoms with van der Waals surface area (Å²) in [4.78, 5) is 2.60. The van der Waals surface area contributed by atoms with Gasteiger partial charge in [0.15, 0.2) is 0 Å². The van der Waals surface area contributed by atoms with Crippen molar-refractivity contribution in [2.45, 2.75) is 25.3 Å². The summed E-state index contributed by atoms with van der Waals surface area (Å²) in [6, 6.07) is 19.5. The molecule has 1 heterocycles. The summed E-state index contributed by atoms with van der Waals surface area (Å²) in [5, 5.41) is 0.805. The predicted octanol–water partition coefficient (Wildman–Crippen LogP) is 4.92. The molecule has 0 aliphatic carbocycles. The van der Waals surface area contributed by atoms with Gasteiger partial charge in [0.25, 0.3) is 0 Å². The van der Waals surface area contributed by atoms with Crippen molar-refractivity contribution in [2.24, 2.45) is 0 Å². The second-order valence-corrected chi connectivity index (χ2v) is 5.90. The number of piperidine rings is 1. The first-order chi connectivity index (χ1) is 9.84. The van der Waals surface area contributed by atoms with Crippen LogP contribution < -0.4 is 0 Å². The lowest BCUT2D eigenvalue weighted by molar-refractivity contribution is 0.187. The molecule has 0 radical (unpaired) electrons. The Morgan fingerprint density at radius 3 is 2.00 bits per heavy atom. The van der Waals surface area contributed by atoms with E-state index >= 15 is 0 Å². The molecule has 0 bridgehead atoms. The third-order valence-electron chi connectivity index (χ3n) is 4.06. The molecular weight excluding hydrogens is 266 g/mol. The Balaban J connectivity index is 1.96. The van der Waals surface area contributed by atoms with E-state index in [9.17, 15) is 0 Å². The Morgan fingerprint density at radius 2 is 1.35 bits per heavy atom. The van der Waals surface area contributed by atoms with Gasteiger partial charge >= 0.3 is 0 Å². The zero-order valence-corrected chi connectivity index (χ0v) is 12.4. The Hall–Kier alpha value is -1.31. The van der Waals surface area contributed by atoms with E-state index < -0.39 is 0 Å². The van der Waals surface area contributed by atoms with Crippen molar-refractivity contribution in [1.29, 1.82) is 0 Å². The molecule has 0 aromatic heterocycles. The van der Waals surface area contributed by atoms with Crippen molar-refractivity contribution >= 4 is 11.6 Å². The van der Waals surface area contributed by atoms with Crippen molar-refractivity contribution in [1.82, 2.24) is 4.90 Å². The molecule has 3 rings (SSSR count). The molecule has 20 heavy (non-hydrogen) atoms. The quantitative estimate of drug-likeness (QED) is 0.774. The third kappa shape index (κ3) is 3.05. The van der Waals surface area contributed by atoms with E-state index in [1.165, 1.54) is 43.5 Å². The largest absolute Gasteiger partial charge is 0.292 e. The highest BCUT2D eigenvalue weighted by Crippen LogP contribution is 2.31. The molecule has 1 nitrogen and oxygen atoms in total. The maximum absolute atomic E-state index is 6.03. The van der Waals surface area contributed by atoms with Gasteiger partial charge in [-0.05, 0) is 49.2 Å². The second kappa shape index (κ2) is 6.43. The number of hydrogen-bond acceptors (Lipinski definition) is 1. The van der Waals surface area contributed by atoms with Gasteiger partial charge in [0.2, 0.25) is 0 Å². The average Bonchev–Trinajstić information content (AvgIpc) is 2.52. The van der Waals surface area contributed by atoms with Crippen LogP contribution >= 0.6 is 11.6 Å². The van der Waals surface area contributed by atoms with Crippen molar-refractivity contribution in [3.8, 4) is 0 Å². The Kier molecular flexibility index (Phi) is 4.39. The van der Waals surface area contributed by atoms with E-state index in [0.29, 0.717) is 6.04 Å². The molecule has 2 aromatic rings. The van der Waals surface area contributed by atoms with Gasteiger partial charge in [0.1, 0.15) is 0 Å². The molecule has 104 valence electrons. The summed E-state index contributed by atoms with van der Waals surface area (Å²) < 4.78 is 0. The molecule has 1 aliphatic heterocycles. The predicted molar refractivity (Wildman–Crippen MR) is 85.2 cm³/mol. The SMILES string of the molecule is Clc1ccc(C(c2ccccc2)N2CCCCC2)cc1. The van der Waals surface area contributed by atoms with E-state index in [4.69, 9.17) is 11.6 Å². The monoisotopic (exact) mass is 285 g/mol. The van der Waals surface area contributed by atoms with E-state index in [0.717, 1.165) is 5.02 Å². The highest BCUT2D eigenvalue weighted by atomic mass is 35.5. The molecule has 2 aromatic carbocycles. The lowest BCUT2D eigenvalue weighted by atomic mass is 9.95. The van der Waals surface area contributed by atoms with E-state index in [1.807, 2.05) is 12.1 Å². The minimum atomic E-state index is 0.355. The molecule has 1 aliphatic rings. The van der Waals surface area contributed by atoms with E-state index in [2.05, 4.69) is 47.4 Å². The summed E-state index contributed by atoms with van der Waals surface area (Å²) >= 11 is 6.03. The zero-order chi connectivity index (χ0) is 13.8. The van der Waals surface area contributed by atoms with Gasteiger partial charge in [-0.15, -0.1) is 0 Å². The first-order valence-electron chi connectivity index (χ1n) is 7.39. The zero-order valence-electron chi connectivity index (χ0n) is 11.6. The summed E-state index contributed by atoms with van der Waals surface area (Å²) in [5.74, 6) is 0. The number of halogens is 1. The fraction of sp³-hybridized carbons (Fsp3) is 0.333. The molecule has 1 fully saturated rings. The molecular formula is C18H20ClN. The van der Waals surface area contributed by atoms with Crippen LogP contribution in [0.4, 0.5) is 0 Å². The van der Waals surface area contributed by atoms with Crippen molar-refractivity contribution < 1.29 is 0 Å². The van der Waals surface area contributed by atoms with Crippen molar-refractivity contribution in [3.63, 3.8) is 0 Å². The minimum Gasteiger partial charge on any atom is -0.292 e. The van der Waals surface area contributed by atoms with Crippen LogP contribution in [0.1, 0.15) is 36.4 Å². The Labute approximate surface area is 126 Å². The van der Waals surface area contributed by atoms with Crippen molar-refractivity contribution in [3.05, 3.63) is 70.7 Å². The van der Waals surface area contributed by atoms with E-state index in [1.54, 1.807) is 0 Å². The van der Waals surface area contributed by atoms with Crippen LogP contribution in [0.5, 0.6) is 0 Å². The maximum atomic E-state index is 6.03. The van der Waals surface area contributed by atoms with Crippen LogP contribution in [0.3, 0.4) is 0 Å². The fourth-order valence-electron chi connectivity index (χ4n) is 3.07. The molecule has 2 heteroatoms. The number of benzene rings is 2. The van der Waals surface area contributed by atoms with Crippen LogP contribution in [0, 0.1) is 0 Å². The minimum absolute atomic E-state index is 0.355. The summed E-state index contributed by atoms with van der Waals surface area (Å²) in [6.07, 6.45) is 3.96. The number of nitrogens with zero attached hydrogens (tertiary/aromatic N) is 1. The molecule has 0 saturated carbocycles. The first kappa shape index (κ1) is 13.7. The molecule has 1 unspecified atom stereocenters. The van der Waals surface area contributed by atoms with E-state index in [-0.39, 0.29) is 0 Å². The molecule has 0 spiro atoms. The van der Waals surface area contributed by atoms with Crippen LogP contribution in [-0.4, -0.2) is 18.0 Å². The second-order valence-electron chi connectivity index (χ2n) is 5.46. The summed E-state index contributed by atoms with van der Waals surface area (Å²) in [7, 11) is 0. The molecule has 0 N–H and O–H groups in total. The lowest BCUT2D eigenvalue weighted by Gasteiger charge is -2.35. The van der Waals surface area contributed by atoms with Gasteiger partial charge in [-0.2, -0.15) is 0 Å². The number of rotatable bonds is 3. The third-order valence-corrected chi connectivity index (χ3v) is 4.31. The number of hydrogen-bond donors (Lipinski definition) is 0. The standard InChI is InChI=1S/C18H20ClN/c19-17-11-9-16(10-12-17)18(15-7-3-1-4-8-15)20-13-5-2-6-14-20/h1,3-4,7-12,18H,2,5-6,13-14H2. The summed E-state index contributed by atoms with van der Waals surface area (Å²) in [6.45, 7) is 2.37. The molecule has 0 amide bonds. The number of likely N-dealkylation sites (tertiary alicyclic amines) is 1. The topological polar surface area (TPSA) is 3.24 Å². The van der Waals surface area contributed by atoms with Crippen LogP contribution in [0.2, 0.25) is 5.02 Å². The van der Waals surface area contributed by atoms with Crippen LogP contribution in [0.25, 0.3) is 0 Å². The van der Waals surface area contributed by atoms with Gasteiger partial charge in [-0.25, -0.2) is 0 Å². The van der Waals surface area contributed by atoms with Gasteiger partial charge in [0.05, 0.1) is 6.04 Å². The maximum Gasteiger partial charge on any atom is 0.0601 e. The lowest BCUT2D eigenvalue weighted by Crippen LogP contribution is -2.34. The summed E-state index contributed by atoms with van der Waals surface area (Å²) in [5.41, 5.74) is 2.71. The average molecular weight is 286 g/mol. The fourth-order valence-corrected chi connectivity index (χ4v) is 3.20. The normalized spacial score (nSPS) is 17.9. The van der Waals surface area contributed by atoms with Gasteiger partial charge in [0, 0.05) is 5.02 Å². The highest BCUT2D eigenvalue weighted by molar-refractivity contribution is 6.30. The Bertz CT molecular complexity index is 529. The highest BCUT2D eigenvalue weighted by Gasteiger charge is 2.23. The smallest absolute Gasteiger partial charge is 0.0601 e. The van der Waals surface area contributed by atoms with Crippen LogP contribution in [-0.2, 0) is 0 Å². The molecule has 1 saturated heterocycles. The Morgan fingerprint density at radius 1 is 0.750 bits per heavy atom. The van der Waals surface area contributed by atoms with Gasteiger partial charge in [-0.3, -0.25) is 4.90 Å². The van der Waals surface area contributed by atoms with Crippen molar-refractivity contribution in [2.75, 3.05) is 13.1 Å². The first-order valence-corrected chi connectivity index (χ1v) is 7.77. The van der Waals surface area contributed by atoms with Gasteiger partial charge < -0.3 is 0 Å².